The summed E-state index contributed by atoms with van der Waals surface area (Å²) in [6.45, 7) is 4.48. The van der Waals surface area contributed by atoms with Gasteiger partial charge in [0.25, 0.3) is 0 Å². The molecule has 5 heteroatoms. The Labute approximate surface area is 127 Å². The first-order valence-electron chi connectivity index (χ1n) is 7.62. The van der Waals surface area contributed by atoms with Gasteiger partial charge in [0.1, 0.15) is 0 Å². The normalized spacial score (nSPS) is 18.0. The van der Waals surface area contributed by atoms with Gasteiger partial charge in [0.15, 0.2) is 0 Å². The summed E-state index contributed by atoms with van der Waals surface area (Å²) in [6.07, 6.45) is 5.29. The highest BCUT2D eigenvalue weighted by atomic mass is 32.2. The molecule has 0 radical (unpaired) electrons. The van der Waals surface area contributed by atoms with Crippen molar-refractivity contribution in [2.24, 2.45) is 5.41 Å². The standard InChI is InChI=1S/C16H25NO3S/c1-3-13-6-7-15(10-14(13)11-18)21(19,20)17-12-16(2)8-4-5-9-16/h6-7,10,17-18H,3-5,8-9,11-12H2,1-2H3. The zero-order valence-electron chi connectivity index (χ0n) is 12.9. The van der Waals surface area contributed by atoms with Crippen LogP contribution in [0.2, 0.25) is 0 Å². The van der Waals surface area contributed by atoms with Crippen molar-refractivity contribution in [3.63, 3.8) is 0 Å². The lowest BCUT2D eigenvalue weighted by Crippen LogP contribution is -2.34. The van der Waals surface area contributed by atoms with Crippen LogP contribution in [0.3, 0.4) is 0 Å². The van der Waals surface area contributed by atoms with Gasteiger partial charge in [-0.2, -0.15) is 0 Å². The molecule has 21 heavy (non-hydrogen) atoms. The number of aliphatic hydroxyl groups excluding tert-OH is 1. The monoisotopic (exact) mass is 311 g/mol. The molecule has 1 aliphatic rings. The van der Waals surface area contributed by atoms with Crippen LogP contribution < -0.4 is 4.72 Å². The molecule has 4 nitrogen and oxygen atoms in total. The van der Waals surface area contributed by atoms with E-state index in [9.17, 15) is 13.5 Å². The zero-order chi connectivity index (χ0) is 15.5. The fraction of sp³-hybridized carbons (Fsp3) is 0.625. The molecule has 0 unspecified atom stereocenters. The highest BCUT2D eigenvalue weighted by Crippen LogP contribution is 2.37. The minimum Gasteiger partial charge on any atom is -0.392 e. The SMILES string of the molecule is CCc1ccc(S(=O)(=O)NCC2(C)CCCC2)cc1CO. The number of benzene rings is 1. The Bertz CT molecular complexity index is 590. The average Bonchev–Trinajstić information content (AvgIpc) is 2.92. The zero-order valence-corrected chi connectivity index (χ0v) is 13.7. The molecular formula is C16H25NO3S. The summed E-state index contributed by atoms with van der Waals surface area (Å²) >= 11 is 0. The number of hydrogen-bond acceptors (Lipinski definition) is 3. The van der Waals surface area contributed by atoms with E-state index in [1.165, 1.54) is 12.8 Å². The van der Waals surface area contributed by atoms with Gasteiger partial charge < -0.3 is 5.11 Å². The van der Waals surface area contributed by atoms with Crippen LogP contribution in [0.4, 0.5) is 0 Å². The van der Waals surface area contributed by atoms with Crippen LogP contribution in [0.15, 0.2) is 23.1 Å². The number of rotatable bonds is 6. The van der Waals surface area contributed by atoms with Gasteiger partial charge in [0.2, 0.25) is 10.0 Å². The summed E-state index contributed by atoms with van der Waals surface area (Å²) in [5.74, 6) is 0. The van der Waals surface area contributed by atoms with Gasteiger partial charge >= 0.3 is 0 Å². The van der Waals surface area contributed by atoms with Crippen molar-refractivity contribution in [1.29, 1.82) is 0 Å². The van der Waals surface area contributed by atoms with Gasteiger partial charge in [0, 0.05) is 6.54 Å². The lowest BCUT2D eigenvalue weighted by Gasteiger charge is -2.23. The minimum absolute atomic E-state index is 0.0796. The van der Waals surface area contributed by atoms with E-state index in [2.05, 4.69) is 11.6 Å². The van der Waals surface area contributed by atoms with Crippen molar-refractivity contribution < 1.29 is 13.5 Å². The van der Waals surface area contributed by atoms with Crippen molar-refractivity contribution in [2.45, 2.75) is 57.5 Å². The molecule has 1 aromatic rings. The molecule has 0 aliphatic heterocycles. The topological polar surface area (TPSA) is 66.4 Å². The third-order valence-corrected chi connectivity index (χ3v) is 5.94. The first kappa shape index (κ1) is 16.5. The number of sulfonamides is 1. The number of nitrogens with one attached hydrogen (secondary N) is 1. The highest BCUT2D eigenvalue weighted by Gasteiger charge is 2.30. The molecule has 118 valence electrons. The van der Waals surface area contributed by atoms with Gasteiger partial charge in [-0.15, -0.1) is 0 Å². The van der Waals surface area contributed by atoms with Gasteiger partial charge in [-0.05, 0) is 47.9 Å². The van der Waals surface area contributed by atoms with Crippen LogP contribution in [-0.4, -0.2) is 20.1 Å². The van der Waals surface area contributed by atoms with Gasteiger partial charge in [0.05, 0.1) is 11.5 Å². The maximum absolute atomic E-state index is 12.4. The van der Waals surface area contributed by atoms with Crippen LogP contribution in [0.25, 0.3) is 0 Å². The Balaban J connectivity index is 2.15. The maximum atomic E-state index is 12.4. The van der Waals surface area contributed by atoms with Crippen molar-refractivity contribution in [3.05, 3.63) is 29.3 Å². The molecule has 0 spiro atoms. The number of hydrogen-bond donors (Lipinski definition) is 2. The molecule has 0 bridgehead atoms. The smallest absolute Gasteiger partial charge is 0.240 e. The second-order valence-corrected chi connectivity index (χ2v) is 8.05. The Morgan fingerprint density at radius 3 is 2.48 bits per heavy atom. The van der Waals surface area contributed by atoms with Crippen LogP contribution in [-0.2, 0) is 23.1 Å². The van der Waals surface area contributed by atoms with Gasteiger partial charge in [-0.3, -0.25) is 0 Å². The van der Waals surface area contributed by atoms with Gasteiger partial charge in [-0.25, -0.2) is 13.1 Å². The van der Waals surface area contributed by atoms with Gasteiger partial charge in [-0.1, -0.05) is 32.8 Å². The molecule has 0 aromatic heterocycles. The minimum atomic E-state index is -3.50. The van der Waals surface area contributed by atoms with Crippen molar-refractivity contribution in [1.82, 2.24) is 4.72 Å². The van der Waals surface area contributed by atoms with Crippen LogP contribution in [0, 0.1) is 5.41 Å². The van der Waals surface area contributed by atoms with Crippen LogP contribution in [0.1, 0.15) is 50.7 Å². The summed E-state index contributed by atoms with van der Waals surface area (Å²) in [4.78, 5) is 0.241. The predicted molar refractivity (Wildman–Crippen MR) is 83.5 cm³/mol. The molecule has 2 N–H and O–H groups in total. The predicted octanol–water partition coefficient (Wildman–Crippen LogP) is 2.60. The molecule has 0 saturated heterocycles. The largest absolute Gasteiger partial charge is 0.392 e. The Hall–Kier alpha value is -0.910. The molecule has 2 rings (SSSR count). The molecule has 1 fully saturated rings. The third kappa shape index (κ3) is 3.84. The molecule has 1 aromatic carbocycles. The second-order valence-electron chi connectivity index (χ2n) is 6.28. The quantitative estimate of drug-likeness (QED) is 0.848. The molecule has 0 atom stereocenters. The van der Waals surface area contributed by atoms with Crippen molar-refractivity contribution in [2.75, 3.05) is 6.54 Å². The maximum Gasteiger partial charge on any atom is 0.240 e. The van der Waals surface area contributed by atoms with E-state index in [1.807, 2.05) is 6.92 Å². The summed E-state index contributed by atoms with van der Waals surface area (Å²) in [5.41, 5.74) is 1.75. The Morgan fingerprint density at radius 2 is 1.90 bits per heavy atom. The summed E-state index contributed by atoms with van der Waals surface area (Å²) in [7, 11) is -3.50. The fourth-order valence-electron chi connectivity index (χ4n) is 3.02. The summed E-state index contributed by atoms with van der Waals surface area (Å²) in [6, 6.07) is 4.99. The number of aryl methyl sites for hydroxylation is 1. The summed E-state index contributed by atoms with van der Waals surface area (Å²) in [5, 5.41) is 9.37. The van der Waals surface area contributed by atoms with Crippen LogP contribution in [0.5, 0.6) is 0 Å². The van der Waals surface area contributed by atoms with E-state index in [0.717, 1.165) is 24.8 Å². The molecular weight excluding hydrogens is 286 g/mol. The third-order valence-electron chi connectivity index (χ3n) is 4.54. The van der Waals surface area contributed by atoms with E-state index in [0.29, 0.717) is 12.1 Å². The average molecular weight is 311 g/mol. The van der Waals surface area contributed by atoms with E-state index in [-0.39, 0.29) is 16.9 Å². The molecule has 0 heterocycles. The molecule has 0 amide bonds. The fourth-order valence-corrected chi connectivity index (χ4v) is 4.27. The Morgan fingerprint density at radius 1 is 1.24 bits per heavy atom. The lowest BCUT2D eigenvalue weighted by atomic mass is 9.89. The van der Waals surface area contributed by atoms with Crippen molar-refractivity contribution >= 4 is 10.0 Å². The molecule has 1 saturated carbocycles. The Kier molecular flexibility index (Phi) is 5.07. The highest BCUT2D eigenvalue weighted by molar-refractivity contribution is 7.89. The van der Waals surface area contributed by atoms with E-state index < -0.39 is 10.0 Å². The van der Waals surface area contributed by atoms with Crippen LogP contribution >= 0.6 is 0 Å². The first-order chi connectivity index (χ1) is 9.90. The summed E-state index contributed by atoms with van der Waals surface area (Å²) < 4.78 is 27.5. The van der Waals surface area contributed by atoms with E-state index >= 15 is 0 Å². The van der Waals surface area contributed by atoms with Crippen molar-refractivity contribution in [3.8, 4) is 0 Å². The first-order valence-corrected chi connectivity index (χ1v) is 9.11. The lowest BCUT2D eigenvalue weighted by molar-refractivity contribution is 0.280. The number of aliphatic hydroxyl groups is 1. The van der Waals surface area contributed by atoms with E-state index in [1.54, 1.807) is 18.2 Å². The van der Waals surface area contributed by atoms with E-state index in [4.69, 9.17) is 0 Å². The second kappa shape index (κ2) is 6.46. The molecule has 1 aliphatic carbocycles.